The van der Waals surface area contributed by atoms with Crippen LogP contribution >= 0.6 is 11.8 Å². The molecule has 0 unspecified atom stereocenters. The number of hydrogen-bond donors (Lipinski definition) is 0. The monoisotopic (exact) mass is 240 g/mol. The van der Waals surface area contributed by atoms with Gasteiger partial charge in [-0.15, -0.1) is 11.8 Å². The predicted molar refractivity (Wildman–Crippen MR) is 77.2 cm³/mol. The Morgan fingerprint density at radius 3 is 2.29 bits per heavy atom. The summed E-state index contributed by atoms with van der Waals surface area (Å²) in [5.41, 5.74) is 2.63. The van der Waals surface area contributed by atoms with Crippen molar-refractivity contribution in [3.63, 3.8) is 0 Å². The average molecular weight is 240 g/mol. The lowest BCUT2D eigenvalue weighted by molar-refractivity contribution is 1.38. The van der Waals surface area contributed by atoms with Crippen molar-refractivity contribution in [1.82, 2.24) is 0 Å². The van der Waals surface area contributed by atoms with E-state index in [1.54, 1.807) is 0 Å². The highest BCUT2D eigenvalue weighted by Crippen LogP contribution is 2.23. The first kappa shape index (κ1) is 12.0. The Morgan fingerprint density at radius 1 is 0.941 bits per heavy atom. The molecule has 1 heteroatoms. The molecule has 0 saturated carbocycles. The van der Waals surface area contributed by atoms with Crippen LogP contribution in [0.1, 0.15) is 18.1 Å². The maximum atomic E-state index is 2.18. The van der Waals surface area contributed by atoms with Crippen LogP contribution in [-0.4, -0.2) is 0 Å². The first-order chi connectivity index (χ1) is 8.38. The summed E-state index contributed by atoms with van der Waals surface area (Å²) in [7, 11) is 0. The normalized spacial score (nSPS) is 10.9. The van der Waals surface area contributed by atoms with Crippen molar-refractivity contribution in [3.05, 3.63) is 71.8 Å². The molecule has 0 nitrogen and oxygen atoms in total. The summed E-state index contributed by atoms with van der Waals surface area (Å²) in [6.45, 7) is 2.04. The van der Waals surface area contributed by atoms with Gasteiger partial charge in [-0.2, -0.15) is 0 Å². The molecule has 0 radical (unpaired) electrons. The third-order valence-corrected chi connectivity index (χ3v) is 3.57. The molecule has 2 aromatic carbocycles. The van der Waals surface area contributed by atoms with Gasteiger partial charge in [0.25, 0.3) is 0 Å². The maximum absolute atomic E-state index is 2.18. The summed E-state index contributed by atoms with van der Waals surface area (Å²) in [4.78, 5) is 1.32. The van der Waals surface area contributed by atoms with Gasteiger partial charge >= 0.3 is 0 Å². The summed E-state index contributed by atoms with van der Waals surface area (Å²) < 4.78 is 0. The zero-order valence-electron chi connectivity index (χ0n) is 9.97. The van der Waals surface area contributed by atoms with Gasteiger partial charge < -0.3 is 0 Å². The lowest BCUT2D eigenvalue weighted by Gasteiger charge is -2.02. The summed E-state index contributed by atoms with van der Waals surface area (Å²) in [6.07, 6.45) is 4.18. The third kappa shape index (κ3) is 3.79. The fraction of sp³-hybridized carbons (Fsp3) is 0.125. The minimum atomic E-state index is 1.03. The van der Waals surface area contributed by atoms with Gasteiger partial charge in [-0.05, 0) is 30.2 Å². The van der Waals surface area contributed by atoms with Gasteiger partial charge in [0.15, 0.2) is 0 Å². The standard InChI is InChI=1S/C16H16S/c1-2-6-14-9-11-16(12-10-14)17-13-15-7-4-3-5-8-15/h2-12H,13H2,1H3/b6-2+. The van der Waals surface area contributed by atoms with Crippen LogP contribution in [0.2, 0.25) is 0 Å². The van der Waals surface area contributed by atoms with Crippen LogP contribution in [0.3, 0.4) is 0 Å². The first-order valence-electron chi connectivity index (χ1n) is 5.78. The lowest BCUT2D eigenvalue weighted by atomic mass is 10.2. The fourth-order valence-electron chi connectivity index (χ4n) is 1.61. The van der Waals surface area contributed by atoms with E-state index in [1.807, 2.05) is 18.7 Å². The van der Waals surface area contributed by atoms with Crippen LogP contribution in [0.5, 0.6) is 0 Å². The molecule has 86 valence electrons. The van der Waals surface area contributed by atoms with Gasteiger partial charge in [0.05, 0.1) is 0 Å². The largest absolute Gasteiger partial charge is 0.121 e. The fourth-order valence-corrected chi connectivity index (χ4v) is 2.46. The number of rotatable bonds is 4. The Hall–Kier alpha value is -1.47. The Kier molecular flexibility index (Phi) is 4.45. The molecule has 0 atom stereocenters. The van der Waals surface area contributed by atoms with Crippen LogP contribution in [-0.2, 0) is 5.75 Å². The van der Waals surface area contributed by atoms with E-state index >= 15 is 0 Å². The molecule has 0 aromatic heterocycles. The van der Waals surface area contributed by atoms with Gasteiger partial charge in [0.2, 0.25) is 0 Å². The summed E-state index contributed by atoms with van der Waals surface area (Å²) in [5.74, 6) is 1.03. The molecule has 0 saturated heterocycles. The minimum absolute atomic E-state index is 1.03. The Labute approximate surface area is 107 Å². The first-order valence-corrected chi connectivity index (χ1v) is 6.76. The van der Waals surface area contributed by atoms with Gasteiger partial charge in [0.1, 0.15) is 0 Å². The topological polar surface area (TPSA) is 0 Å². The molecule has 0 heterocycles. The SMILES string of the molecule is C/C=C/c1ccc(SCc2ccccc2)cc1. The summed E-state index contributed by atoms with van der Waals surface area (Å²) in [5, 5.41) is 0. The molecule has 0 N–H and O–H groups in total. The van der Waals surface area contributed by atoms with Crippen LogP contribution in [0.25, 0.3) is 6.08 Å². The quantitative estimate of drug-likeness (QED) is 0.677. The van der Waals surface area contributed by atoms with Crippen molar-refractivity contribution < 1.29 is 0 Å². The van der Waals surface area contributed by atoms with Crippen LogP contribution in [0.15, 0.2) is 65.6 Å². The highest BCUT2D eigenvalue weighted by atomic mass is 32.2. The molecule has 0 aliphatic carbocycles. The van der Waals surface area contributed by atoms with Gasteiger partial charge in [-0.3, -0.25) is 0 Å². The highest BCUT2D eigenvalue weighted by molar-refractivity contribution is 7.98. The molecular formula is C16H16S. The van der Waals surface area contributed by atoms with Crippen molar-refractivity contribution in [1.29, 1.82) is 0 Å². The van der Waals surface area contributed by atoms with E-state index in [2.05, 4.69) is 66.7 Å². The Morgan fingerprint density at radius 2 is 1.65 bits per heavy atom. The smallest absolute Gasteiger partial charge is 0.0231 e. The van der Waals surface area contributed by atoms with E-state index in [4.69, 9.17) is 0 Å². The third-order valence-electron chi connectivity index (χ3n) is 2.49. The van der Waals surface area contributed by atoms with Crippen molar-refractivity contribution >= 4 is 17.8 Å². The molecule has 2 rings (SSSR count). The molecule has 0 bridgehead atoms. The van der Waals surface area contributed by atoms with Gasteiger partial charge in [-0.1, -0.05) is 54.6 Å². The Bertz CT molecular complexity index is 469. The number of allylic oxidation sites excluding steroid dienone is 1. The number of hydrogen-bond acceptors (Lipinski definition) is 1. The molecule has 2 aromatic rings. The minimum Gasteiger partial charge on any atom is -0.121 e. The van der Waals surface area contributed by atoms with E-state index in [9.17, 15) is 0 Å². The van der Waals surface area contributed by atoms with E-state index in [-0.39, 0.29) is 0 Å². The molecule has 0 amide bonds. The molecule has 17 heavy (non-hydrogen) atoms. The van der Waals surface area contributed by atoms with Crippen molar-refractivity contribution in [2.75, 3.05) is 0 Å². The summed E-state index contributed by atoms with van der Waals surface area (Å²) in [6, 6.07) is 19.3. The second-order valence-electron chi connectivity index (χ2n) is 3.84. The van der Waals surface area contributed by atoms with Crippen LogP contribution in [0.4, 0.5) is 0 Å². The molecule has 0 fully saturated rings. The highest BCUT2D eigenvalue weighted by Gasteiger charge is 1.95. The number of benzene rings is 2. The second kappa shape index (κ2) is 6.31. The van der Waals surface area contributed by atoms with Crippen molar-refractivity contribution in [2.45, 2.75) is 17.6 Å². The van der Waals surface area contributed by atoms with Crippen molar-refractivity contribution in [3.8, 4) is 0 Å². The average Bonchev–Trinajstić information content (AvgIpc) is 2.40. The lowest BCUT2D eigenvalue weighted by Crippen LogP contribution is -1.79. The van der Waals surface area contributed by atoms with Gasteiger partial charge in [0, 0.05) is 10.6 Å². The maximum Gasteiger partial charge on any atom is 0.0231 e. The van der Waals surface area contributed by atoms with Crippen LogP contribution < -0.4 is 0 Å². The molecule has 0 aliphatic rings. The molecule has 0 aliphatic heterocycles. The van der Waals surface area contributed by atoms with E-state index in [1.165, 1.54) is 16.0 Å². The van der Waals surface area contributed by atoms with E-state index in [0.29, 0.717) is 0 Å². The second-order valence-corrected chi connectivity index (χ2v) is 4.89. The van der Waals surface area contributed by atoms with Crippen molar-refractivity contribution in [2.24, 2.45) is 0 Å². The Balaban J connectivity index is 1.95. The predicted octanol–water partition coefficient (Wildman–Crippen LogP) is 5.01. The zero-order valence-corrected chi connectivity index (χ0v) is 10.8. The van der Waals surface area contributed by atoms with E-state index in [0.717, 1.165) is 5.75 Å². The molecule has 0 spiro atoms. The molecular weight excluding hydrogens is 224 g/mol. The number of thioether (sulfide) groups is 1. The zero-order chi connectivity index (χ0) is 11.9. The summed E-state index contributed by atoms with van der Waals surface area (Å²) >= 11 is 1.88. The van der Waals surface area contributed by atoms with Crippen LogP contribution in [0, 0.1) is 0 Å². The van der Waals surface area contributed by atoms with E-state index < -0.39 is 0 Å². The van der Waals surface area contributed by atoms with Gasteiger partial charge in [-0.25, -0.2) is 0 Å².